The van der Waals surface area contributed by atoms with Gasteiger partial charge in [-0.25, -0.2) is 13.1 Å². The fourth-order valence-electron chi connectivity index (χ4n) is 2.56. The van der Waals surface area contributed by atoms with E-state index in [2.05, 4.69) is 18.6 Å². The van der Waals surface area contributed by atoms with Gasteiger partial charge in [-0.05, 0) is 63.1 Å². The maximum Gasteiger partial charge on any atom is 0.241 e. The third-order valence-electron chi connectivity index (χ3n) is 3.76. The molecule has 0 aliphatic carbocycles. The van der Waals surface area contributed by atoms with Crippen molar-refractivity contribution in [3.8, 4) is 0 Å². The summed E-state index contributed by atoms with van der Waals surface area (Å²) in [6.45, 7) is 11.6. The van der Waals surface area contributed by atoms with Crippen molar-refractivity contribution in [1.82, 2.24) is 4.72 Å². The molecule has 0 aliphatic heterocycles. The maximum atomic E-state index is 12.6. The van der Waals surface area contributed by atoms with Crippen molar-refractivity contribution in [2.45, 2.75) is 65.3 Å². The predicted molar refractivity (Wildman–Crippen MR) is 88.9 cm³/mol. The molecule has 0 saturated heterocycles. The van der Waals surface area contributed by atoms with Crippen molar-refractivity contribution in [3.05, 3.63) is 22.8 Å². The largest absolute Gasteiger partial charge is 0.398 e. The number of hydrogen-bond donors (Lipinski definition) is 2. The fraction of sp³-hybridized carbons (Fsp3) is 0.625. The van der Waals surface area contributed by atoms with E-state index in [-0.39, 0.29) is 6.04 Å². The lowest BCUT2D eigenvalue weighted by Gasteiger charge is -2.19. The van der Waals surface area contributed by atoms with Gasteiger partial charge in [0.2, 0.25) is 10.0 Å². The minimum absolute atomic E-state index is 0.0845. The highest BCUT2D eigenvalue weighted by Gasteiger charge is 2.23. The van der Waals surface area contributed by atoms with Gasteiger partial charge in [-0.1, -0.05) is 19.9 Å². The summed E-state index contributed by atoms with van der Waals surface area (Å²) in [5.74, 6) is 0.565. The Kier molecular flexibility index (Phi) is 5.82. The second-order valence-corrected chi connectivity index (χ2v) is 8.02. The Morgan fingerprint density at radius 1 is 1.10 bits per heavy atom. The molecule has 21 heavy (non-hydrogen) atoms. The van der Waals surface area contributed by atoms with Crippen LogP contribution in [0.1, 0.15) is 50.3 Å². The summed E-state index contributed by atoms with van der Waals surface area (Å²) >= 11 is 0. The van der Waals surface area contributed by atoms with Crippen molar-refractivity contribution in [2.75, 3.05) is 5.73 Å². The van der Waals surface area contributed by atoms with Crippen LogP contribution in [-0.4, -0.2) is 14.5 Å². The molecule has 1 atom stereocenters. The second kappa shape index (κ2) is 6.79. The second-order valence-electron chi connectivity index (χ2n) is 6.37. The summed E-state index contributed by atoms with van der Waals surface area (Å²) in [5, 5.41) is 0. The Hall–Kier alpha value is -1.07. The number of anilines is 1. The highest BCUT2D eigenvalue weighted by atomic mass is 32.2. The van der Waals surface area contributed by atoms with Crippen LogP contribution in [0, 0.1) is 26.7 Å². The van der Waals surface area contributed by atoms with Gasteiger partial charge in [0.15, 0.2) is 0 Å². The molecule has 0 saturated carbocycles. The van der Waals surface area contributed by atoms with Crippen LogP contribution >= 0.6 is 0 Å². The summed E-state index contributed by atoms with van der Waals surface area (Å²) in [6, 6.07) is 1.74. The number of rotatable bonds is 6. The molecule has 0 aromatic heterocycles. The smallest absolute Gasteiger partial charge is 0.241 e. The number of nitrogen functional groups attached to an aromatic ring is 1. The number of hydrogen-bond acceptors (Lipinski definition) is 3. The Balaban J connectivity index is 3.07. The van der Waals surface area contributed by atoms with Crippen LogP contribution in [-0.2, 0) is 10.0 Å². The van der Waals surface area contributed by atoms with E-state index in [4.69, 9.17) is 5.73 Å². The molecule has 5 heteroatoms. The maximum absolute atomic E-state index is 12.6. The molecule has 1 aromatic carbocycles. The summed E-state index contributed by atoms with van der Waals surface area (Å²) in [5.41, 5.74) is 8.82. The molecule has 3 N–H and O–H groups in total. The van der Waals surface area contributed by atoms with Gasteiger partial charge in [-0.3, -0.25) is 0 Å². The number of benzene rings is 1. The van der Waals surface area contributed by atoms with Crippen LogP contribution in [0.25, 0.3) is 0 Å². The van der Waals surface area contributed by atoms with Crippen LogP contribution < -0.4 is 10.5 Å². The van der Waals surface area contributed by atoms with Gasteiger partial charge in [0, 0.05) is 11.7 Å². The van der Waals surface area contributed by atoms with Gasteiger partial charge >= 0.3 is 0 Å². The summed E-state index contributed by atoms with van der Waals surface area (Å²) in [4.78, 5) is 0.321. The quantitative estimate of drug-likeness (QED) is 0.792. The third kappa shape index (κ3) is 4.45. The predicted octanol–water partition coefficient (Wildman–Crippen LogP) is 3.30. The van der Waals surface area contributed by atoms with E-state index in [1.807, 2.05) is 26.8 Å². The van der Waals surface area contributed by atoms with E-state index in [9.17, 15) is 8.42 Å². The number of nitrogens with one attached hydrogen (secondary N) is 1. The van der Waals surface area contributed by atoms with Crippen LogP contribution in [0.3, 0.4) is 0 Å². The van der Waals surface area contributed by atoms with E-state index in [0.29, 0.717) is 22.1 Å². The molecule has 0 spiro atoms. The zero-order valence-corrected chi connectivity index (χ0v) is 14.8. The molecule has 0 bridgehead atoms. The third-order valence-corrected chi connectivity index (χ3v) is 5.64. The molecule has 1 unspecified atom stereocenters. The van der Waals surface area contributed by atoms with Gasteiger partial charge in [0.1, 0.15) is 0 Å². The van der Waals surface area contributed by atoms with Crippen molar-refractivity contribution >= 4 is 15.7 Å². The zero-order valence-electron chi connectivity index (χ0n) is 13.9. The Morgan fingerprint density at radius 2 is 1.67 bits per heavy atom. The first-order chi connectivity index (χ1) is 9.56. The molecule has 1 rings (SSSR count). The van der Waals surface area contributed by atoms with Crippen LogP contribution in [0.4, 0.5) is 5.69 Å². The summed E-state index contributed by atoms with van der Waals surface area (Å²) in [7, 11) is -3.54. The topological polar surface area (TPSA) is 72.2 Å². The van der Waals surface area contributed by atoms with Crippen LogP contribution in [0.15, 0.2) is 11.0 Å². The summed E-state index contributed by atoms with van der Waals surface area (Å²) < 4.78 is 28.0. The first-order valence-corrected chi connectivity index (χ1v) is 8.93. The lowest BCUT2D eigenvalue weighted by Crippen LogP contribution is -2.33. The van der Waals surface area contributed by atoms with Gasteiger partial charge in [-0.2, -0.15) is 0 Å². The van der Waals surface area contributed by atoms with Gasteiger partial charge < -0.3 is 5.73 Å². The lowest BCUT2D eigenvalue weighted by atomic mass is 10.1. The molecule has 0 amide bonds. The van der Waals surface area contributed by atoms with E-state index in [1.165, 1.54) is 0 Å². The molecule has 0 radical (unpaired) electrons. The van der Waals surface area contributed by atoms with Gasteiger partial charge in [0.05, 0.1) is 4.90 Å². The molecule has 0 aliphatic rings. The Bertz CT molecular complexity index is 607. The average molecular weight is 312 g/mol. The van der Waals surface area contributed by atoms with E-state index in [1.54, 1.807) is 6.92 Å². The number of sulfonamides is 1. The molecule has 1 aromatic rings. The average Bonchev–Trinajstić information content (AvgIpc) is 2.32. The number of nitrogens with two attached hydrogens (primary N) is 1. The molecular formula is C16H28N2O2S. The molecule has 4 nitrogen and oxygen atoms in total. The van der Waals surface area contributed by atoms with Crippen molar-refractivity contribution in [2.24, 2.45) is 5.92 Å². The SMILES string of the molecule is Cc1cc(C)c(S(=O)(=O)NC(C)CCC(C)C)c(C)c1N. The Labute approximate surface area is 129 Å². The first kappa shape index (κ1) is 18.0. The summed E-state index contributed by atoms with van der Waals surface area (Å²) in [6.07, 6.45) is 1.83. The van der Waals surface area contributed by atoms with Crippen LogP contribution in [0.2, 0.25) is 0 Å². The van der Waals surface area contributed by atoms with Crippen molar-refractivity contribution in [1.29, 1.82) is 0 Å². The Morgan fingerprint density at radius 3 is 2.19 bits per heavy atom. The number of aryl methyl sites for hydroxylation is 2. The minimum atomic E-state index is -3.54. The van der Waals surface area contributed by atoms with E-state index < -0.39 is 10.0 Å². The first-order valence-electron chi connectivity index (χ1n) is 7.44. The highest BCUT2D eigenvalue weighted by molar-refractivity contribution is 7.89. The zero-order chi connectivity index (χ0) is 16.4. The standard InChI is InChI=1S/C16H28N2O2S/c1-10(2)7-8-13(5)18-21(19,20)16-12(4)9-11(3)15(17)14(16)6/h9-10,13,18H,7-8,17H2,1-6H3. The van der Waals surface area contributed by atoms with Crippen LogP contribution in [0.5, 0.6) is 0 Å². The molecular weight excluding hydrogens is 284 g/mol. The van der Waals surface area contributed by atoms with Gasteiger partial charge in [-0.15, -0.1) is 0 Å². The molecule has 120 valence electrons. The van der Waals surface area contributed by atoms with E-state index >= 15 is 0 Å². The minimum Gasteiger partial charge on any atom is -0.398 e. The van der Waals surface area contributed by atoms with Gasteiger partial charge in [0.25, 0.3) is 0 Å². The monoisotopic (exact) mass is 312 g/mol. The lowest BCUT2D eigenvalue weighted by molar-refractivity contribution is 0.485. The molecule has 0 fully saturated rings. The molecule has 0 heterocycles. The fourth-order valence-corrected chi connectivity index (χ4v) is 4.32. The normalized spacial score (nSPS) is 13.7. The van der Waals surface area contributed by atoms with E-state index in [0.717, 1.165) is 24.0 Å². The highest BCUT2D eigenvalue weighted by Crippen LogP contribution is 2.28. The van der Waals surface area contributed by atoms with Crippen molar-refractivity contribution < 1.29 is 8.42 Å². The van der Waals surface area contributed by atoms with Crippen molar-refractivity contribution in [3.63, 3.8) is 0 Å².